The highest BCUT2D eigenvalue weighted by molar-refractivity contribution is 9.10. The molecule has 1 heterocycles. The van der Waals surface area contributed by atoms with Crippen LogP contribution in [0.5, 0.6) is 0 Å². The molecule has 0 spiro atoms. The summed E-state index contributed by atoms with van der Waals surface area (Å²) in [5, 5.41) is 3.33. The van der Waals surface area contributed by atoms with Gasteiger partial charge in [0.05, 0.1) is 15.2 Å². The number of pyridine rings is 1. The van der Waals surface area contributed by atoms with Crippen LogP contribution in [-0.2, 0) is 0 Å². The van der Waals surface area contributed by atoms with E-state index in [0.717, 1.165) is 4.47 Å². The van der Waals surface area contributed by atoms with Crippen molar-refractivity contribution in [1.29, 1.82) is 0 Å². The standard InChI is InChI=1S/C11H7BrClFN2/c12-8-2-1-5-15-11(8)16-10-4-3-7(14)6-9(10)13/h1-6H,(H,15,16). The summed E-state index contributed by atoms with van der Waals surface area (Å²) < 4.78 is 13.6. The van der Waals surface area contributed by atoms with Crippen molar-refractivity contribution < 1.29 is 4.39 Å². The van der Waals surface area contributed by atoms with Crippen LogP contribution in [0.1, 0.15) is 0 Å². The SMILES string of the molecule is Fc1ccc(Nc2ncccc2Br)c(Cl)c1. The lowest BCUT2D eigenvalue weighted by Crippen LogP contribution is -1.95. The number of nitrogens with zero attached hydrogens (tertiary/aromatic N) is 1. The van der Waals surface area contributed by atoms with Gasteiger partial charge in [-0.05, 0) is 46.3 Å². The Labute approximate surface area is 106 Å². The molecule has 5 heteroatoms. The predicted molar refractivity (Wildman–Crippen MR) is 66.6 cm³/mol. The second-order valence-corrected chi connectivity index (χ2v) is 4.34. The van der Waals surface area contributed by atoms with Gasteiger partial charge in [0.25, 0.3) is 0 Å². The minimum Gasteiger partial charge on any atom is -0.338 e. The van der Waals surface area contributed by atoms with Crippen LogP contribution in [0.3, 0.4) is 0 Å². The Balaban J connectivity index is 2.31. The maximum atomic E-state index is 12.8. The topological polar surface area (TPSA) is 24.9 Å². The van der Waals surface area contributed by atoms with Gasteiger partial charge in [-0.25, -0.2) is 9.37 Å². The molecule has 0 amide bonds. The number of hydrogen-bond donors (Lipinski definition) is 1. The lowest BCUT2D eigenvalue weighted by molar-refractivity contribution is 0.628. The number of rotatable bonds is 2. The van der Waals surface area contributed by atoms with Crippen molar-refractivity contribution in [3.05, 3.63) is 51.8 Å². The third-order valence-electron chi connectivity index (χ3n) is 1.94. The third kappa shape index (κ3) is 2.51. The van der Waals surface area contributed by atoms with E-state index >= 15 is 0 Å². The molecule has 0 aliphatic rings. The summed E-state index contributed by atoms with van der Waals surface area (Å²) in [5.41, 5.74) is 0.613. The Bertz CT molecular complexity index is 519. The maximum absolute atomic E-state index is 12.8. The predicted octanol–water partition coefficient (Wildman–Crippen LogP) is 4.38. The minimum absolute atomic E-state index is 0.317. The van der Waals surface area contributed by atoms with Crippen LogP contribution >= 0.6 is 27.5 Å². The van der Waals surface area contributed by atoms with Crippen LogP contribution in [-0.4, -0.2) is 4.98 Å². The van der Waals surface area contributed by atoms with Gasteiger partial charge < -0.3 is 5.32 Å². The van der Waals surface area contributed by atoms with E-state index in [-0.39, 0.29) is 5.82 Å². The van der Waals surface area contributed by atoms with E-state index in [9.17, 15) is 4.39 Å². The molecule has 0 aliphatic carbocycles. The van der Waals surface area contributed by atoms with Crippen LogP contribution in [0, 0.1) is 5.82 Å². The van der Waals surface area contributed by atoms with Crippen molar-refractivity contribution in [2.75, 3.05) is 5.32 Å². The molecule has 0 radical (unpaired) electrons. The Kier molecular flexibility index (Phi) is 3.41. The van der Waals surface area contributed by atoms with Crippen molar-refractivity contribution >= 4 is 39.0 Å². The van der Waals surface area contributed by atoms with Crippen LogP contribution in [0.15, 0.2) is 41.0 Å². The fourth-order valence-corrected chi connectivity index (χ4v) is 1.76. The molecule has 2 nitrogen and oxygen atoms in total. The summed E-state index contributed by atoms with van der Waals surface area (Å²) in [6.45, 7) is 0. The van der Waals surface area contributed by atoms with Crippen molar-refractivity contribution in [3.8, 4) is 0 Å². The molecule has 0 saturated carbocycles. The van der Waals surface area contributed by atoms with E-state index < -0.39 is 0 Å². The zero-order valence-electron chi connectivity index (χ0n) is 8.05. The fraction of sp³-hybridized carbons (Fsp3) is 0. The van der Waals surface area contributed by atoms with Crippen molar-refractivity contribution in [1.82, 2.24) is 4.98 Å². The van der Waals surface area contributed by atoms with Crippen LogP contribution < -0.4 is 5.32 Å². The average molecular weight is 302 g/mol. The first kappa shape index (κ1) is 11.4. The van der Waals surface area contributed by atoms with Gasteiger partial charge >= 0.3 is 0 Å². The Morgan fingerprint density at radius 3 is 2.81 bits per heavy atom. The molecule has 2 rings (SSSR count). The van der Waals surface area contributed by atoms with Crippen molar-refractivity contribution in [3.63, 3.8) is 0 Å². The van der Waals surface area contributed by atoms with Crippen molar-refractivity contribution in [2.24, 2.45) is 0 Å². The number of nitrogens with one attached hydrogen (secondary N) is 1. The summed E-state index contributed by atoms with van der Waals surface area (Å²) in [6.07, 6.45) is 1.66. The Morgan fingerprint density at radius 1 is 1.31 bits per heavy atom. The molecule has 2 aromatic rings. The molecule has 0 fully saturated rings. The minimum atomic E-state index is -0.365. The fourth-order valence-electron chi connectivity index (χ4n) is 1.20. The first-order valence-electron chi connectivity index (χ1n) is 4.49. The molecule has 1 aromatic carbocycles. The van der Waals surface area contributed by atoms with Crippen molar-refractivity contribution in [2.45, 2.75) is 0 Å². The average Bonchev–Trinajstić information content (AvgIpc) is 2.25. The summed E-state index contributed by atoms with van der Waals surface area (Å²) >= 11 is 9.24. The summed E-state index contributed by atoms with van der Waals surface area (Å²) in [7, 11) is 0. The van der Waals surface area contributed by atoms with Gasteiger partial charge in [0.15, 0.2) is 0 Å². The summed E-state index contributed by atoms with van der Waals surface area (Å²) in [6, 6.07) is 7.82. The van der Waals surface area contributed by atoms with Gasteiger partial charge in [-0.2, -0.15) is 0 Å². The number of anilines is 2. The van der Waals surface area contributed by atoms with E-state index in [2.05, 4.69) is 26.2 Å². The molecule has 0 bridgehead atoms. The van der Waals surface area contributed by atoms with E-state index in [4.69, 9.17) is 11.6 Å². The van der Waals surface area contributed by atoms with Crippen LogP contribution in [0.4, 0.5) is 15.9 Å². The second-order valence-electron chi connectivity index (χ2n) is 3.08. The van der Waals surface area contributed by atoms with Gasteiger partial charge in [0, 0.05) is 6.20 Å². The quantitative estimate of drug-likeness (QED) is 0.890. The van der Waals surface area contributed by atoms with Gasteiger partial charge in [-0.1, -0.05) is 11.6 Å². The molecule has 0 saturated heterocycles. The molecular formula is C11H7BrClFN2. The smallest absolute Gasteiger partial charge is 0.144 e. The van der Waals surface area contributed by atoms with Gasteiger partial charge in [-0.15, -0.1) is 0 Å². The highest BCUT2D eigenvalue weighted by atomic mass is 79.9. The number of aromatic nitrogens is 1. The first-order chi connectivity index (χ1) is 7.66. The largest absolute Gasteiger partial charge is 0.338 e. The lowest BCUT2D eigenvalue weighted by Gasteiger charge is -2.08. The summed E-state index contributed by atoms with van der Waals surface area (Å²) in [5.74, 6) is 0.270. The zero-order valence-corrected chi connectivity index (χ0v) is 10.4. The van der Waals surface area contributed by atoms with Crippen LogP contribution in [0.2, 0.25) is 5.02 Å². The zero-order chi connectivity index (χ0) is 11.5. The molecule has 0 unspecified atom stereocenters. The summed E-state index contributed by atoms with van der Waals surface area (Å²) in [4.78, 5) is 4.13. The Hall–Kier alpha value is -1.13. The van der Waals surface area contributed by atoms with E-state index in [1.54, 1.807) is 12.3 Å². The van der Waals surface area contributed by atoms with E-state index in [1.165, 1.54) is 12.1 Å². The highest BCUT2D eigenvalue weighted by Crippen LogP contribution is 2.28. The molecule has 0 atom stereocenters. The monoisotopic (exact) mass is 300 g/mol. The maximum Gasteiger partial charge on any atom is 0.144 e. The third-order valence-corrected chi connectivity index (χ3v) is 2.90. The molecule has 1 N–H and O–H groups in total. The highest BCUT2D eigenvalue weighted by Gasteiger charge is 2.05. The first-order valence-corrected chi connectivity index (χ1v) is 5.66. The van der Waals surface area contributed by atoms with Gasteiger partial charge in [-0.3, -0.25) is 0 Å². The van der Waals surface area contributed by atoms with Gasteiger partial charge in [0.2, 0.25) is 0 Å². The van der Waals surface area contributed by atoms with Crippen LogP contribution in [0.25, 0.3) is 0 Å². The normalized spacial score (nSPS) is 10.2. The molecule has 82 valence electrons. The second kappa shape index (κ2) is 4.80. The molecule has 1 aromatic heterocycles. The molecule has 0 aliphatic heterocycles. The Morgan fingerprint density at radius 2 is 2.12 bits per heavy atom. The van der Waals surface area contributed by atoms with Gasteiger partial charge in [0.1, 0.15) is 11.6 Å². The molecule has 16 heavy (non-hydrogen) atoms. The number of halogens is 3. The van der Waals surface area contributed by atoms with E-state index in [1.807, 2.05) is 12.1 Å². The number of benzene rings is 1. The molecular weight excluding hydrogens is 294 g/mol. The lowest BCUT2D eigenvalue weighted by atomic mass is 10.3. The van der Waals surface area contributed by atoms with E-state index in [0.29, 0.717) is 16.5 Å². The number of hydrogen-bond acceptors (Lipinski definition) is 2.